The van der Waals surface area contributed by atoms with Crippen molar-refractivity contribution in [1.29, 1.82) is 0 Å². The van der Waals surface area contributed by atoms with Gasteiger partial charge < -0.3 is 10.6 Å². The number of carbonyl (C=O) groups excluding carboxylic acids is 1. The molecule has 1 atom stereocenters. The summed E-state index contributed by atoms with van der Waals surface area (Å²) in [6.07, 6.45) is 0.350. The Hall–Kier alpha value is -2.40. The Morgan fingerprint density at radius 2 is 1.73 bits per heavy atom. The van der Waals surface area contributed by atoms with Crippen LogP contribution < -0.4 is 10.6 Å². The van der Waals surface area contributed by atoms with Crippen LogP contribution in [0.4, 0.5) is 10.1 Å². The number of hydrogen-bond donors (Lipinski definition) is 1. The minimum atomic E-state index is -0.798. The Balaban J connectivity index is 0.00000320. The van der Waals surface area contributed by atoms with Crippen molar-refractivity contribution in [1.82, 2.24) is 0 Å². The summed E-state index contributed by atoms with van der Waals surface area (Å²) in [7, 11) is 0. The number of nitrogens with two attached hydrogens (primary N) is 1. The van der Waals surface area contributed by atoms with Crippen LogP contribution in [0.25, 0.3) is 0 Å². The van der Waals surface area contributed by atoms with Gasteiger partial charge in [0.2, 0.25) is 5.91 Å². The van der Waals surface area contributed by atoms with Gasteiger partial charge in [0.15, 0.2) is 0 Å². The summed E-state index contributed by atoms with van der Waals surface area (Å²) in [5.41, 5.74) is 10.5. The van der Waals surface area contributed by atoms with Gasteiger partial charge in [-0.25, -0.2) is 4.39 Å². The molecule has 3 aromatic rings. The molecule has 0 radical (unpaired) electrons. The zero-order valence-corrected chi connectivity index (χ0v) is 18.5. The molecule has 0 saturated carbocycles. The Bertz CT molecular complexity index is 1010. The van der Waals surface area contributed by atoms with E-state index in [2.05, 4.69) is 0 Å². The molecule has 0 saturated heterocycles. The summed E-state index contributed by atoms with van der Waals surface area (Å²) < 4.78 is 14.2. The molecule has 6 heteroatoms. The fraction of sp³-hybridized carbons (Fsp3) is 0.208. The lowest BCUT2D eigenvalue weighted by Gasteiger charge is -2.27. The lowest BCUT2D eigenvalue weighted by molar-refractivity contribution is -0.120. The molecular formula is C24H25Cl2FN2O. The molecule has 0 unspecified atom stereocenters. The highest BCUT2D eigenvalue weighted by Gasteiger charge is 2.24. The van der Waals surface area contributed by atoms with Crippen LogP contribution in [0.2, 0.25) is 5.02 Å². The van der Waals surface area contributed by atoms with Gasteiger partial charge in [-0.05, 0) is 66.8 Å². The van der Waals surface area contributed by atoms with E-state index in [4.69, 9.17) is 17.3 Å². The monoisotopic (exact) mass is 446 g/mol. The smallest absolute Gasteiger partial charge is 0.248 e. The molecule has 0 aromatic heterocycles. The summed E-state index contributed by atoms with van der Waals surface area (Å²) in [6.45, 7) is 4.32. The Morgan fingerprint density at radius 1 is 1.03 bits per heavy atom. The molecule has 3 rings (SSSR count). The van der Waals surface area contributed by atoms with Crippen molar-refractivity contribution in [3.05, 3.63) is 99.8 Å². The second-order valence-corrected chi connectivity index (χ2v) is 7.57. The fourth-order valence-electron chi connectivity index (χ4n) is 3.19. The predicted molar refractivity (Wildman–Crippen MR) is 124 cm³/mol. The van der Waals surface area contributed by atoms with Crippen LogP contribution in [0.3, 0.4) is 0 Å². The third-order valence-corrected chi connectivity index (χ3v) is 5.35. The maximum absolute atomic E-state index is 14.2. The summed E-state index contributed by atoms with van der Waals surface area (Å²) in [5, 5.41) is 0.347. The first-order valence-corrected chi connectivity index (χ1v) is 9.87. The van der Waals surface area contributed by atoms with Gasteiger partial charge in [-0.3, -0.25) is 4.79 Å². The van der Waals surface area contributed by atoms with Crippen LogP contribution in [0, 0.1) is 19.7 Å². The average molecular weight is 447 g/mol. The molecule has 3 nitrogen and oxygen atoms in total. The summed E-state index contributed by atoms with van der Waals surface area (Å²) in [4.78, 5) is 14.9. The number of aryl methyl sites for hydroxylation is 2. The third-order valence-electron chi connectivity index (χ3n) is 5.11. The molecular weight excluding hydrogens is 422 g/mol. The molecule has 0 fully saturated rings. The van der Waals surface area contributed by atoms with Gasteiger partial charge in [0.1, 0.15) is 11.9 Å². The Morgan fingerprint density at radius 3 is 2.37 bits per heavy atom. The number of nitrogens with zero attached hydrogens (tertiary/aromatic N) is 1. The standard InChI is InChI=1S/C24H24ClFN2O.ClH/c1-16-8-11-21(14-17(16)2)28(13-12-18-9-10-20(25)15-22(18)26)24(29)23(27)19-6-4-3-5-7-19;/h3-11,14-15,23H,12-13,27H2,1-2H3;1H/t23-;/m0./s1. The number of rotatable bonds is 6. The highest BCUT2D eigenvalue weighted by Crippen LogP contribution is 2.24. The average Bonchev–Trinajstić information content (AvgIpc) is 2.72. The Kier molecular flexibility index (Phi) is 8.42. The maximum Gasteiger partial charge on any atom is 0.248 e. The van der Waals surface area contributed by atoms with Crippen molar-refractivity contribution in [3.63, 3.8) is 0 Å². The van der Waals surface area contributed by atoms with Crippen LogP contribution in [0.15, 0.2) is 66.7 Å². The first kappa shape index (κ1) is 23.9. The Labute approximate surface area is 188 Å². The van der Waals surface area contributed by atoms with Gasteiger partial charge >= 0.3 is 0 Å². The van der Waals surface area contributed by atoms with Crippen LogP contribution in [0.5, 0.6) is 0 Å². The van der Waals surface area contributed by atoms with E-state index in [-0.39, 0.29) is 24.1 Å². The predicted octanol–water partition coefficient (Wildman–Crippen LogP) is 5.79. The van der Waals surface area contributed by atoms with Gasteiger partial charge in [-0.15, -0.1) is 12.4 Å². The van der Waals surface area contributed by atoms with Crippen molar-refractivity contribution in [2.75, 3.05) is 11.4 Å². The van der Waals surface area contributed by atoms with Crippen molar-refractivity contribution in [2.24, 2.45) is 5.73 Å². The second kappa shape index (κ2) is 10.6. The summed E-state index contributed by atoms with van der Waals surface area (Å²) in [5.74, 6) is -0.605. The van der Waals surface area contributed by atoms with Crippen LogP contribution in [0.1, 0.15) is 28.3 Å². The maximum atomic E-state index is 14.2. The van der Waals surface area contributed by atoms with E-state index in [1.807, 2.05) is 62.4 Å². The minimum absolute atomic E-state index is 0. The topological polar surface area (TPSA) is 46.3 Å². The molecule has 0 spiro atoms. The number of anilines is 1. The molecule has 30 heavy (non-hydrogen) atoms. The van der Waals surface area contributed by atoms with E-state index in [0.29, 0.717) is 23.6 Å². The molecule has 3 aromatic carbocycles. The molecule has 0 aliphatic heterocycles. The number of amides is 1. The highest BCUT2D eigenvalue weighted by atomic mass is 35.5. The van der Waals surface area contributed by atoms with Gasteiger partial charge in [-0.2, -0.15) is 0 Å². The van der Waals surface area contributed by atoms with E-state index < -0.39 is 6.04 Å². The van der Waals surface area contributed by atoms with E-state index in [1.165, 1.54) is 6.07 Å². The fourth-order valence-corrected chi connectivity index (χ4v) is 3.35. The molecule has 0 bridgehead atoms. The zero-order chi connectivity index (χ0) is 21.0. The SMILES string of the molecule is Cc1ccc(N(CCc2ccc(Cl)cc2F)C(=O)[C@@H](N)c2ccccc2)cc1C.Cl. The molecule has 2 N–H and O–H groups in total. The number of carbonyl (C=O) groups is 1. The summed E-state index contributed by atoms with van der Waals surface area (Å²) in [6, 6.07) is 18.9. The lowest BCUT2D eigenvalue weighted by Crippen LogP contribution is -2.40. The van der Waals surface area contributed by atoms with E-state index in [9.17, 15) is 9.18 Å². The van der Waals surface area contributed by atoms with Crippen molar-refractivity contribution in [2.45, 2.75) is 26.3 Å². The van der Waals surface area contributed by atoms with E-state index >= 15 is 0 Å². The number of halogens is 3. The number of benzene rings is 3. The zero-order valence-electron chi connectivity index (χ0n) is 16.9. The van der Waals surface area contributed by atoms with Gasteiger partial charge in [0, 0.05) is 17.3 Å². The third kappa shape index (κ3) is 5.60. The van der Waals surface area contributed by atoms with Crippen LogP contribution in [-0.2, 0) is 11.2 Å². The van der Waals surface area contributed by atoms with Crippen molar-refractivity contribution >= 4 is 35.6 Å². The molecule has 158 valence electrons. The first-order chi connectivity index (χ1) is 13.9. The van der Waals surface area contributed by atoms with Gasteiger partial charge in [-0.1, -0.05) is 54.1 Å². The van der Waals surface area contributed by atoms with Crippen LogP contribution >= 0.6 is 24.0 Å². The second-order valence-electron chi connectivity index (χ2n) is 7.13. The van der Waals surface area contributed by atoms with E-state index in [0.717, 1.165) is 22.4 Å². The first-order valence-electron chi connectivity index (χ1n) is 9.50. The summed E-state index contributed by atoms with van der Waals surface area (Å²) >= 11 is 5.85. The lowest BCUT2D eigenvalue weighted by atomic mass is 10.0. The van der Waals surface area contributed by atoms with E-state index in [1.54, 1.807) is 17.0 Å². The molecule has 1 amide bonds. The molecule has 0 aliphatic rings. The highest BCUT2D eigenvalue weighted by molar-refractivity contribution is 6.30. The minimum Gasteiger partial charge on any atom is -0.316 e. The van der Waals surface area contributed by atoms with Crippen LogP contribution in [-0.4, -0.2) is 12.5 Å². The van der Waals surface area contributed by atoms with Gasteiger partial charge in [0.05, 0.1) is 0 Å². The normalized spacial score (nSPS) is 11.5. The molecule has 0 heterocycles. The largest absolute Gasteiger partial charge is 0.316 e. The van der Waals surface area contributed by atoms with Crippen molar-refractivity contribution < 1.29 is 9.18 Å². The quantitative estimate of drug-likeness (QED) is 0.520. The number of hydrogen-bond acceptors (Lipinski definition) is 2. The van der Waals surface area contributed by atoms with Gasteiger partial charge in [0.25, 0.3) is 0 Å². The molecule has 0 aliphatic carbocycles. The van der Waals surface area contributed by atoms with Crippen molar-refractivity contribution in [3.8, 4) is 0 Å².